The molecule has 1 heterocycles. The van der Waals surface area contributed by atoms with Crippen molar-refractivity contribution < 1.29 is 4.79 Å². The molecule has 0 fully saturated rings. The van der Waals surface area contributed by atoms with Crippen LogP contribution in [0.5, 0.6) is 0 Å². The third kappa shape index (κ3) is 4.51. The van der Waals surface area contributed by atoms with E-state index in [1.54, 1.807) is 18.5 Å². The monoisotopic (exact) mass is 277 g/mol. The number of aromatic nitrogens is 1. The molecule has 2 N–H and O–H groups in total. The average Bonchev–Trinajstić information content (AvgIpc) is 2.42. The zero-order chi connectivity index (χ0) is 15.2. The molecule has 0 atom stereocenters. The van der Waals surface area contributed by atoms with Gasteiger partial charge >= 0.3 is 0 Å². The van der Waals surface area contributed by atoms with Gasteiger partial charge in [-0.05, 0) is 23.8 Å². The minimum absolute atomic E-state index is 0.0419. The third-order valence-electron chi connectivity index (χ3n) is 3.90. The van der Waals surface area contributed by atoms with E-state index in [1.165, 1.54) is 0 Å². The Morgan fingerprint density at radius 2 is 2.10 bits per heavy atom. The number of anilines is 1. The first-order chi connectivity index (χ1) is 9.38. The number of amides is 1. The highest BCUT2D eigenvalue weighted by Crippen LogP contribution is 2.25. The molecule has 112 valence electrons. The van der Waals surface area contributed by atoms with Crippen molar-refractivity contribution in [2.75, 3.05) is 18.4 Å². The van der Waals surface area contributed by atoms with Gasteiger partial charge in [-0.25, -0.2) is 0 Å². The highest BCUT2D eigenvalue weighted by atomic mass is 16.1. The Hall–Kier alpha value is -1.58. The van der Waals surface area contributed by atoms with Crippen LogP contribution in [0.4, 0.5) is 5.69 Å². The van der Waals surface area contributed by atoms with Crippen LogP contribution in [-0.4, -0.2) is 24.0 Å². The van der Waals surface area contributed by atoms with Gasteiger partial charge < -0.3 is 10.6 Å². The molecule has 0 aliphatic heterocycles. The smallest absolute Gasteiger partial charge is 0.253 e. The summed E-state index contributed by atoms with van der Waals surface area (Å²) in [5.74, 6) is 0.470. The van der Waals surface area contributed by atoms with Gasteiger partial charge in [0.25, 0.3) is 5.91 Å². The van der Waals surface area contributed by atoms with E-state index in [-0.39, 0.29) is 11.3 Å². The Labute approximate surface area is 122 Å². The summed E-state index contributed by atoms with van der Waals surface area (Å²) in [6.45, 7) is 12.3. The van der Waals surface area contributed by atoms with Crippen LogP contribution in [0.2, 0.25) is 0 Å². The molecule has 0 saturated heterocycles. The summed E-state index contributed by atoms with van der Waals surface area (Å²) >= 11 is 0. The van der Waals surface area contributed by atoms with E-state index in [1.807, 2.05) is 0 Å². The zero-order valence-electron chi connectivity index (χ0n) is 13.3. The van der Waals surface area contributed by atoms with Gasteiger partial charge in [0.05, 0.1) is 17.4 Å². The van der Waals surface area contributed by atoms with Gasteiger partial charge in [-0.3, -0.25) is 9.78 Å². The molecule has 4 nitrogen and oxygen atoms in total. The van der Waals surface area contributed by atoms with Crippen LogP contribution in [0.3, 0.4) is 0 Å². The van der Waals surface area contributed by atoms with Crippen LogP contribution in [0, 0.1) is 11.3 Å². The van der Waals surface area contributed by atoms with Crippen molar-refractivity contribution in [1.29, 1.82) is 0 Å². The van der Waals surface area contributed by atoms with E-state index in [2.05, 4.69) is 50.2 Å². The Morgan fingerprint density at radius 1 is 1.40 bits per heavy atom. The molecule has 1 rings (SSSR count). The maximum absolute atomic E-state index is 12.3. The lowest BCUT2D eigenvalue weighted by Gasteiger charge is -2.29. The molecule has 0 aliphatic carbocycles. The number of carbonyl (C=O) groups excluding carboxylic acids is 1. The summed E-state index contributed by atoms with van der Waals surface area (Å²) in [4.78, 5) is 16.4. The van der Waals surface area contributed by atoms with E-state index in [0.717, 1.165) is 18.7 Å². The van der Waals surface area contributed by atoms with Crippen molar-refractivity contribution in [3.05, 3.63) is 24.0 Å². The van der Waals surface area contributed by atoms with Crippen molar-refractivity contribution in [2.45, 2.75) is 41.0 Å². The number of carbonyl (C=O) groups is 1. The van der Waals surface area contributed by atoms with Crippen molar-refractivity contribution in [3.63, 3.8) is 0 Å². The molecule has 0 bridgehead atoms. The number of hydrogen-bond donors (Lipinski definition) is 2. The van der Waals surface area contributed by atoms with Crippen LogP contribution in [0.1, 0.15) is 51.4 Å². The van der Waals surface area contributed by atoms with Crippen LogP contribution in [0.25, 0.3) is 0 Å². The van der Waals surface area contributed by atoms with Crippen molar-refractivity contribution >= 4 is 11.6 Å². The molecule has 0 spiro atoms. The lowest BCUT2D eigenvalue weighted by atomic mass is 9.81. The average molecular weight is 277 g/mol. The molecule has 0 saturated carbocycles. The van der Waals surface area contributed by atoms with E-state index in [0.29, 0.717) is 18.0 Å². The summed E-state index contributed by atoms with van der Waals surface area (Å²) in [7, 11) is 0. The minimum Gasteiger partial charge on any atom is -0.383 e. The molecule has 0 unspecified atom stereocenters. The molecule has 1 aromatic rings. The van der Waals surface area contributed by atoms with Crippen LogP contribution < -0.4 is 10.6 Å². The topological polar surface area (TPSA) is 54.0 Å². The van der Waals surface area contributed by atoms with Crippen molar-refractivity contribution in [1.82, 2.24) is 10.3 Å². The standard InChI is InChI=1S/C16H27N3O/c1-6-8-18-14-10-17-9-7-13(14)15(20)19-11-16(4,5)12(2)3/h7,9-10,12,18H,6,8,11H2,1-5H3,(H,19,20). The second kappa shape index (κ2) is 7.27. The number of pyridine rings is 1. The largest absolute Gasteiger partial charge is 0.383 e. The van der Waals surface area contributed by atoms with E-state index in [9.17, 15) is 4.79 Å². The van der Waals surface area contributed by atoms with Crippen LogP contribution in [-0.2, 0) is 0 Å². The first-order valence-electron chi connectivity index (χ1n) is 7.34. The first kappa shape index (κ1) is 16.5. The normalized spacial score (nSPS) is 11.5. The van der Waals surface area contributed by atoms with Crippen LogP contribution >= 0.6 is 0 Å². The van der Waals surface area contributed by atoms with Gasteiger partial charge in [-0.1, -0.05) is 34.6 Å². The van der Waals surface area contributed by atoms with Gasteiger partial charge in [0.1, 0.15) is 0 Å². The van der Waals surface area contributed by atoms with E-state index >= 15 is 0 Å². The first-order valence-corrected chi connectivity index (χ1v) is 7.34. The third-order valence-corrected chi connectivity index (χ3v) is 3.90. The Kier molecular flexibility index (Phi) is 5.99. The van der Waals surface area contributed by atoms with Gasteiger partial charge in [0.2, 0.25) is 0 Å². The molecule has 0 aliphatic rings. The predicted octanol–water partition coefficient (Wildman–Crippen LogP) is 3.32. The number of nitrogens with zero attached hydrogens (tertiary/aromatic N) is 1. The lowest BCUT2D eigenvalue weighted by molar-refractivity contribution is 0.0925. The van der Waals surface area contributed by atoms with E-state index < -0.39 is 0 Å². The lowest BCUT2D eigenvalue weighted by Crippen LogP contribution is -2.37. The summed E-state index contributed by atoms with van der Waals surface area (Å²) in [5, 5.41) is 6.27. The molecule has 4 heteroatoms. The Balaban J connectivity index is 2.72. The summed E-state index contributed by atoms with van der Waals surface area (Å²) in [6, 6.07) is 1.76. The predicted molar refractivity (Wildman–Crippen MR) is 84.0 cm³/mol. The summed E-state index contributed by atoms with van der Waals surface area (Å²) in [6.07, 6.45) is 4.37. The number of nitrogens with one attached hydrogen (secondary N) is 2. The SMILES string of the molecule is CCCNc1cnccc1C(=O)NCC(C)(C)C(C)C. The highest BCUT2D eigenvalue weighted by Gasteiger charge is 2.23. The number of hydrogen-bond acceptors (Lipinski definition) is 3. The van der Waals surface area contributed by atoms with Crippen LogP contribution in [0.15, 0.2) is 18.5 Å². The quantitative estimate of drug-likeness (QED) is 0.804. The molecule has 0 aromatic carbocycles. The van der Waals surface area contributed by atoms with Gasteiger partial charge in [0.15, 0.2) is 0 Å². The summed E-state index contributed by atoms with van der Waals surface area (Å²) in [5.41, 5.74) is 1.54. The fraction of sp³-hybridized carbons (Fsp3) is 0.625. The molecular weight excluding hydrogens is 250 g/mol. The van der Waals surface area contributed by atoms with Crippen molar-refractivity contribution in [2.24, 2.45) is 11.3 Å². The maximum Gasteiger partial charge on any atom is 0.253 e. The van der Waals surface area contributed by atoms with Gasteiger partial charge in [0, 0.05) is 19.3 Å². The van der Waals surface area contributed by atoms with Crippen molar-refractivity contribution in [3.8, 4) is 0 Å². The van der Waals surface area contributed by atoms with E-state index in [4.69, 9.17) is 0 Å². The molecule has 1 aromatic heterocycles. The minimum atomic E-state index is -0.0419. The van der Waals surface area contributed by atoms with Gasteiger partial charge in [-0.2, -0.15) is 0 Å². The maximum atomic E-state index is 12.3. The molecular formula is C16H27N3O. The van der Waals surface area contributed by atoms with Gasteiger partial charge in [-0.15, -0.1) is 0 Å². The fourth-order valence-corrected chi connectivity index (χ4v) is 1.60. The Bertz CT molecular complexity index is 441. The molecule has 1 amide bonds. The molecule has 20 heavy (non-hydrogen) atoms. The summed E-state index contributed by atoms with van der Waals surface area (Å²) < 4.78 is 0. The second-order valence-corrected chi connectivity index (χ2v) is 6.17. The Morgan fingerprint density at radius 3 is 2.70 bits per heavy atom. The molecule has 0 radical (unpaired) electrons. The number of rotatable bonds is 7. The zero-order valence-corrected chi connectivity index (χ0v) is 13.3. The fourth-order valence-electron chi connectivity index (χ4n) is 1.60. The second-order valence-electron chi connectivity index (χ2n) is 6.17. The highest BCUT2D eigenvalue weighted by molar-refractivity contribution is 5.99.